The Morgan fingerprint density at radius 3 is 2.71 bits per heavy atom. The molecule has 0 unspecified atom stereocenters. The Morgan fingerprint density at radius 1 is 1.42 bits per heavy atom. The molecular weight excluding hydrogens is 437 g/mol. The minimum absolute atomic E-state index is 0. The Hall–Kier alpha value is -1.23. The minimum atomic E-state index is 0. The lowest BCUT2D eigenvalue weighted by Gasteiger charge is -2.33. The molecule has 0 aliphatic carbocycles. The molecule has 0 atom stereocenters. The highest BCUT2D eigenvalue weighted by Crippen LogP contribution is 2.25. The number of nitrogens with one attached hydrogen (secondary N) is 2. The summed E-state index contributed by atoms with van der Waals surface area (Å²) >= 11 is 1.75. The first-order chi connectivity index (χ1) is 11.2. The highest BCUT2D eigenvalue weighted by molar-refractivity contribution is 14.0. The summed E-state index contributed by atoms with van der Waals surface area (Å²) in [4.78, 5) is 16.8. The molecule has 1 aliphatic heterocycles. The number of likely N-dealkylation sites (tertiary alicyclic amines) is 1. The first-order valence-electron chi connectivity index (χ1n) is 7.91. The zero-order valence-corrected chi connectivity index (χ0v) is 17.4. The number of aromatic amines is 1. The van der Waals surface area contributed by atoms with E-state index in [4.69, 9.17) is 0 Å². The molecule has 1 aliphatic rings. The van der Waals surface area contributed by atoms with Gasteiger partial charge in [0.1, 0.15) is 12.2 Å². The van der Waals surface area contributed by atoms with Gasteiger partial charge in [0.05, 0.1) is 17.2 Å². The van der Waals surface area contributed by atoms with Crippen LogP contribution in [0.5, 0.6) is 0 Å². The maximum atomic E-state index is 4.47. The van der Waals surface area contributed by atoms with E-state index < -0.39 is 0 Å². The van der Waals surface area contributed by atoms with E-state index in [0.717, 1.165) is 55.0 Å². The van der Waals surface area contributed by atoms with Crippen molar-refractivity contribution in [1.82, 2.24) is 30.4 Å². The normalized spacial score (nSPS) is 16.1. The first-order valence-corrected chi connectivity index (χ1v) is 8.72. The number of halogens is 1. The van der Waals surface area contributed by atoms with Crippen LogP contribution in [-0.4, -0.2) is 51.2 Å². The largest absolute Gasteiger partial charge is 0.351 e. The minimum Gasteiger partial charge on any atom is -0.351 e. The lowest BCUT2D eigenvalue weighted by molar-refractivity contribution is 0.299. The van der Waals surface area contributed by atoms with E-state index in [0.29, 0.717) is 5.92 Å². The molecule has 2 aromatic heterocycles. The van der Waals surface area contributed by atoms with Gasteiger partial charge in [-0.25, -0.2) is 9.97 Å². The molecule has 0 amide bonds. The lowest BCUT2D eigenvalue weighted by atomic mass is 9.96. The number of guanidine groups is 1. The Bertz CT molecular complexity index is 659. The van der Waals surface area contributed by atoms with Crippen molar-refractivity contribution < 1.29 is 0 Å². The second kappa shape index (κ2) is 8.75. The number of H-pyrrole nitrogens is 1. The summed E-state index contributed by atoms with van der Waals surface area (Å²) in [6, 6.07) is 0. The molecule has 2 aromatic rings. The highest BCUT2D eigenvalue weighted by atomic mass is 127. The molecule has 0 spiro atoms. The summed E-state index contributed by atoms with van der Waals surface area (Å²) in [6.45, 7) is 6.85. The number of aryl methyl sites for hydroxylation is 2. The van der Waals surface area contributed by atoms with Gasteiger partial charge in [-0.2, -0.15) is 5.10 Å². The van der Waals surface area contributed by atoms with Gasteiger partial charge in [0.2, 0.25) is 0 Å². The van der Waals surface area contributed by atoms with Crippen molar-refractivity contribution in [2.75, 3.05) is 20.1 Å². The third-order valence-corrected chi connectivity index (χ3v) is 5.31. The Balaban J connectivity index is 0.00000208. The molecule has 1 saturated heterocycles. The highest BCUT2D eigenvalue weighted by Gasteiger charge is 2.24. The van der Waals surface area contributed by atoms with E-state index in [2.05, 4.69) is 42.3 Å². The second-order valence-corrected chi connectivity index (χ2v) is 7.06. The van der Waals surface area contributed by atoms with Crippen LogP contribution in [-0.2, 0) is 6.54 Å². The molecule has 24 heavy (non-hydrogen) atoms. The summed E-state index contributed by atoms with van der Waals surface area (Å²) < 4.78 is 0. The average Bonchev–Trinajstić information content (AvgIpc) is 3.19. The van der Waals surface area contributed by atoms with Gasteiger partial charge in [-0.05, 0) is 26.7 Å². The van der Waals surface area contributed by atoms with Crippen molar-refractivity contribution in [2.45, 2.75) is 39.2 Å². The summed E-state index contributed by atoms with van der Waals surface area (Å²) in [6.07, 6.45) is 3.71. The van der Waals surface area contributed by atoms with Crippen LogP contribution in [0.15, 0.2) is 11.3 Å². The van der Waals surface area contributed by atoms with Crippen molar-refractivity contribution in [3.05, 3.63) is 27.7 Å². The molecule has 132 valence electrons. The third-order valence-electron chi connectivity index (χ3n) is 4.23. The molecule has 3 rings (SSSR count). The van der Waals surface area contributed by atoms with Crippen molar-refractivity contribution in [2.24, 2.45) is 4.99 Å². The van der Waals surface area contributed by atoms with Gasteiger partial charge >= 0.3 is 0 Å². The van der Waals surface area contributed by atoms with Crippen molar-refractivity contribution in [3.8, 4) is 0 Å². The predicted molar refractivity (Wildman–Crippen MR) is 107 cm³/mol. The van der Waals surface area contributed by atoms with Crippen LogP contribution in [0.25, 0.3) is 0 Å². The number of rotatable bonds is 3. The summed E-state index contributed by atoms with van der Waals surface area (Å²) in [7, 11) is 1.84. The van der Waals surface area contributed by atoms with E-state index in [-0.39, 0.29) is 24.0 Å². The number of nitrogens with zero attached hydrogens (tertiary/aromatic N) is 5. The van der Waals surface area contributed by atoms with E-state index in [1.165, 1.54) is 4.88 Å². The van der Waals surface area contributed by atoms with Gasteiger partial charge in [-0.15, -0.1) is 35.3 Å². The summed E-state index contributed by atoms with van der Waals surface area (Å²) in [5, 5.41) is 11.5. The maximum absolute atomic E-state index is 4.47. The van der Waals surface area contributed by atoms with Crippen molar-refractivity contribution in [1.29, 1.82) is 0 Å². The van der Waals surface area contributed by atoms with Crippen molar-refractivity contribution in [3.63, 3.8) is 0 Å². The number of hydrogen-bond donors (Lipinski definition) is 2. The van der Waals surface area contributed by atoms with Crippen LogP contribution >= 0.6 is 35.3 Å². The van der Waals surface area contributed by atoms with E-state index in [1.54, 1.807) is 17.7 Å². The number of aromatic nitrogens is 4. The standard InChI is InChI=1S/C15H23N7S.HI/c1-10-13(23-11(2)20-10)8-17-15(16-3)22-6-4-12(5-7-22)14-18-9-19-21-14;/h9,12H,4-8H2,1-3H3,(H,16,17)(H,18,19,21);1H. The zero-order chi connectivity index (χ0) is 16.2. The van der Waals surface area contributed by atoms with Crippen LogP contribution in [0.3, 0.4) is 0 Å². The Kier molecular flexibility index (Phi) is 6.96. The fourth-order valence-electron chi connectivity index (χ4n) is 3.01. The number of aliphatic imine (C=N–C) groups is 1. The van der Waals surface area contributed by atoms with Gasteiger partial charge < -0.3 is 10.2 Å². The fourth-order valence-corrected chi connectivity index (χ4v) is 3.88. The van der Waals surface area contributed by atoms with Crippen LogP contribution in [0, 0.1) is 13.8 Å². The van der Waals surface area contributed by atoms with Gasteiger partial charge in [-0.1, -0.05) is 0 Å². The predicted octanol–water partition coefficient (Wildman–Crippen LogP) is 2.45. The first kappa shape index (κ1) is 19.1. The topological polar surface area (TPSA) is 82.1 Å². The van der Waals surface area contributed by atoms with E-state index in [1.807, 2.05) is 14.0 Å². The van der Waals surface area contributed by atoms with Crippen LogP contribution in [0.2, 0.25) is 0 Å². The van der Waals surface area contributed by atoms with Crippen LogP contribution in [0.4, 0.5) is 0 Å². The summed E-state index contributed by atoms with van der Waals surface area (Å²) in [5.74, 6) is 2.44. The average molecular weight is 461 g/mol. The quantitative estimate of drug-likeness (QED) is 0.417. The van der Waals surface area contributed by atoms with E-state index in [9.17, 15) is 0 Å². The number of hydrogen-bond acceptors (Lipinski definition) is 5. The van der Waals surface area contributed by atoms with Crippen LogP contribution < -0.4 is 5.32 Å². The van der Waals surface area contributed by atoms with Gasteiger partial charge in [0.15, 0.2) is 5.96 Å². The molecule has 3 heterocycles. The SMILES string of the molecule is CN=C(NCc1sc(C)nc1C)N1CCC(c2ncn[nH]2)CC1.I. The third kappa shape index (κ3) is 4.44. The molecule has 0 aromatic carbocycles. The monoisotopic (exact) mass is 461 g/mol. The lowest BCUT2D eigenvalue weighted by Crippen LogP contribution is -2.45. The van der Waals surface area contributed by atoms with Gasteiger partial charge in [-0.3, -0.25) is 10.1 Å². The Morgan fingerprint density at radius 2 is 2.17 bits per heavy atom. The van der Waals surface area contributed by atoms with E-state index >= 15 is 0 Å². The number of piperidine rings is 1. The fraction of sp³-hybridized carbons (Fsp3) is 0.600. The molecule has 0 radical (unpaired) electrons. The molecule has 7 nitrogen and oxygen atoms in total. The molecule has 0 bridgehead atoms. The molecule has 9 heteroatoms. The number of thiazole rings is 1. The molecule has 0 saturated carbocycles. The molecule has 2 N–H and O–H groups in total. The van der Waals surface area contributed by atoms with Gasteiger partial charge in [0.25, 0.3) is 0 Å². The van der Waals surface area contributed by atoms with Crippen LogP contribution in [0.1, 0.15) is 40.2 Å². The smallest absolute Gasteiger partial charge is 0.193 e. The summed E-state index contributed by atoms with van der Waals surface area (Å²) in [5.41, 5.74) is 1.11. The Labute approximate surface area is 163 Å². The molecular formula is C15H24IN7S. The maximum Gasteiger partial charge on any atom is 0.193 e. The zero-order valence-electron chi connectivity index (χ0n) is 14.2. The second-order valence-electron chi connectivity index (χ2n) is 5.77. The van der Waals surface area contributed by atoms with Crippen molar-refractivity contribution >= 4 is 41.3 Å². The van der Waals surface area contributed by atoms with Gasteiger partial charge in [0, 0.05) is 30.9 Å². The molecule has 1 fully saturated rings.